The second-order valence-electron chi connectivity index (χ2n) is 2.83. The molecule has 3 heteroatoms. The van der Waals surface area contributed by atoms with Gasteiger partial charge in [-0.2, -0.15) is 0 Å². The van der Waals surface area contributed by atoms with Crippen molar-refractivity contribution in [2.45, 2.75) is 12.5 Å². The highest BCUT2D eigenvalue weighted by Crippen LogP contribution is 1.97. The fraction of sp³-hybridized carbons (Fsp3) is 0.333. The Bertz CT molecular complexity index is 207. The highest BCUT2D eigenvalue weighted by Gasteiger charge is 1.95. The molecule has 0 aromatic heterocycles. The Hall–Kier alpha value is -0.803. The molecule has 3 N–H and O–H groups in total. The predicted molar refractivity (Wildman–Crippen MR) is 56.5 cm³/mol. The predicted octanol–water partition coefficient (Wildman–Crippen LogP) is 0.437. The minimum absolute atomic E-state index is 0.100. The van der Waals surface area contributed by atoms with E-state index >= 15 is 0 Å². The van der Waals surface area contributed by atoms with Gasteiger partial charge in [0.25, 0.3) is 0 Å². The number of rotatable bonds is 4. The van der Waals surface area contributed by atoms with Crippen molar-refractivity contribution >= 4 is 9.52 Å². The highest BCUT2D eigenvalue weighted by molar-refractivity contribution is 6.45. The van der Waals surface area contributed by atoms with Crippen molar-refractivity contribution in [3.05, 3.63) is 35.8 Å². The Balaban J connectivity index is 2.26. The molecule has 0 bridgehead atoms. The summed E-state index contributed by atoms with van der Waals surface area (Å²) in [6.45, 7) is 0.825. The van der Waals surface area contributed by atoms with Gasteiger partial charge in [-0.3, -0.25) is 0 Å². The van der Waals surface area contributed by atoms with E-state index in [0.717, 1.165) is 6.54 Å². The van der Waals surface area contributed by atoms with Crippen molar-refractivity contribution in [2.24, 2.45) is 5.73 Å². The van der Waals surface area contributed by atoms with E-state index in [0.29, 0.717) is 0 Å². The van der Waals surface area contributed by atoms with Gasteiger partial charge in [0.05, 0.1) is 9.52 Å². The molecule has 0 fully saturated rings. The molecule has 0 amide bonds. The monoisotopic (exact) mass is 180 g/mol. The van der Waals surface area contributed by atoms with Crippen molar-refractivity contribution in [1.82, 2.24) is 5.32 Å². The number of hydrogen-bond donors (Lipinski definition) is 2. The first kappa shape index (κ1) is 9.29. The Kier molecular flexibility index (Phi) is 4.49. The number of allylic oxidation sites excluding steroid dienone is 4. The molecule has 2 nitrogen and oxygen atoms in total. The van der Waals surface area contributed by atoms with E-state index < -0.39 is 0 Å². The van der Waals surface area contributed by atoms with Gasteiger partial charge >= 0.3 is 0 Å². The van der Waals surface area contributed by atoms with E-state index in [1.807, 2.05) is 18.4 Å². The first-order valence-corrected chi connectivity index (χ1v) is 6.13. The number of nitrogens with one attached hydrogen (secondary N) is 1. The molecule has 0 spiro atoms. The maximum Gasteiger partial charge on any atom is 0.0754 e. The lowest BCUT2D eigenvalue weighted by molar-refractivity contribution is 0.923. The van der Waals surface area contributed by atoms with Crippen molar-refractivity contribution in [3.63, 3.8) is 0 Å². The van der Waals surface area contributed by atoms with Gasteiger partial charge in [0.1, 0.15) is 0 Å². The minimum atomic E-state index is -0.100. The van der Waals surface area contributed by atoms with Gasteiger partial charge in [-0.25, -0.2) is 0 Å². The van der Waals surface area contributed by atoms with Crippen LogP contribution in [0.5, 0.6) is 0 Å². The van der Waals surface area contributed by atoms with Gasteiger partial charge in [0, 0.05) is 6.20 Å². The lowest BCUT2D eigenvalue weighted by Crippen LogP contribution is -2.12. The standard InChI is InChI=1S/C9H16N2Si/c10-6-4-8-12-9-5-2-1-3-7-11-9/h1-3,5,7,11H,4,6,8,10,12H2. The lowest BCUT2D eigenvalue weighted by atomic mass is 10.5. The van der Waals surface area contributed by atoms with E-state index in [4.69, 9.17) is 5.73 Å². The van der Waals surface area contributed by atoms with Crippen LogP contribution in [0.25, 0.3) is 0 Å². The maximum absolute atomic E-state index is 5.43. The summed E-state index contributed by atoms with van der Waals surface area (Å²) in [5.41, 5.74) is 5.43. The van der Waals surface area contributed by atoms with Gasteiger partial charge in [-0.15, -0.1) is 0 Å². The summed E-state index contributed by atoms with van der Waals surface area (Å²) >= 11 is 0. The fourth-order valence-electron chi connectivity index (χ4n) is 1.11. The second-order valence-corrected chi connectivity index (χ2v) is 4.79. The molecular weight excluding hydrogens is 164 g/mol. The van der Waals surface area contributed by atoms with Crippen LogP contribution < -0.4 is 11.1 Å². The summed E-state index contributed by atoms with van der Waals surface area (Å²) in [5.74, 6) is 0. The molecule has 1 rings (SSSR count). The smallest absolute Gasteiger partial charge is 0.0754 e. The summed E-state index contributed by atoms with van der Waals surface area (Å²) in [6, 6.07) is 1.30. The third-order valence-corrected chi connectivity index (χ3v) is 3.62. The summed E-state index contributed by atoms with van der Waals surface area (Å²) in [4.78, 5) is 0. The van der Waals surface area contributed by atoms with Crippen LogP contribution in [0.15, 0.2) is 35.8 Å². The third kappa shape index (κ3) is 3.55. The SMILES string of the molecule is NCCC[SiH2]C1=CC=CC=CN1. The van der Waals surface area contributed by atoms with Gasteiger partial charge in [-0.05, 0) is 30.4 Å². The molecule has 1 aliphatic heterocycles. The van der Waals surface area contributed by atoms with Gasteiger partial charge in [0.2, 0.25) is 0 Å². The molecule has 1 aliphatic rings. The van der Waals surface area contributed by atoms with Crippen LogP contribution in [0.4, 0.5) is 0 Å². The van der Waals surface area contributed by atoms with E-state index in [1.165, 1.54) is 17.8 Å². The van der Waals surface area contributed by atoms with E-state index in [1.54, 1.807) is 0 Å². The zero-order valence-corrected chi connectivity index (χ0v) is 8.71. The van der Waals surface area contributed by atoms with Crippen LogP contribution in [0.1, 0.15) is 6.42 Å². The van der Waals surface area contributed by atoms with Gasteiger partial charge in [0.15, 0.2) is 0 Å². The third-order valence-electron chi connectivity index (χ3n) is 1.78. The quantitative estimate of drug-likeness (QED) is 0.486. The van der Waals surface area contributed by atoms with Crippen LogP contribution in [0.3, 0.4) is 0 Å². The number of hydrogen-bond acceptors (Lipinski definition) is 2. The topological polar surface area (TPSA) is 38.0 Å². The molecule has 0 saturated carbocycles. The van der Waals surface area contributed by atoms with Crippen molar-refractivity contribution in [3.8, 4) is 0 Å². The van der Waals surface area contributed by atoms with Gasteiger partial charge in [-0.1, -0.05) is 18.2 Å². The molecule has 0 aromatic carbocycles. The molecule has 0 saturated heterocycles. The van der Waals surface area contributed by atoms with Crippen LogP contribution in [-0.4, -0.2) is 16.1 Å². The normalized spacial score (nSPS) is 16.2. The number of nitrogens with two attached hydrogens (primary N) is 1. The molecule has 12 heavy (non-hydrogen) atoms. The zero-order valence-electron chi connectivity index (χ0n) is 7.29. The zero-order chi connectivity index (χ0) is 8.65. The Morgan fingerprint density at radius 1 is 1.33 bits per heavy atom. The molecule has 0 radical (unpaired) electrons. The van der Waals surface area contributed by atoms with E-state index in [9.17, 15) is 0 Å². The Morgan fingerprint density at radius 2 is 2.25 bits per heavy atom. The van der Waals surface area contributed by atoms with Crippen molar-refractivity contribution in [2.75, 3.05) is 6.54 Å². The second kappa shape index (κ2) is 5.80. The Morgan fingerprint density at radius 3 is 3.08 bits per heavy atom. The first-order valence-electron chi connectivity index (χ1n) is 4.42. The summed E-state index contributed by atoms with van der Waals surface area (Å²) in [5, 5.41) is 4.69. The summed E-state index contributed by atoms with van der Waals surface area (Å²) in [7, 11) is -0.100. The molecule has 0 atom stereocenters. The van der Waals surface area contributed by atoms with Crippen LogP contribution in [0.2, 0.25) is 6.04 Å². The summed E-state index contributed by atoms with van der Waals surface area (Å²) in [6.07, 6.45) is 11.5. The van der Waals surface area contributed by atoms with Crippen LogP contribution in [-0.2, 0) is 0 Å². The molecule has 0 aliphatic carbocycles. The molecule has 0 unspecified atom stereocenters. The Labute approximate surface area is 76.0 Å². The molecule has 1 heterocycles. The minimum Gasteiger partial charge on any atom is -0.369 e. The highest BCUT2D eigenvalue weighted by atomic mass is 28.2. The summed E-state index contributed by atoms with van der Waals surface area (Å²) < 4.78 is 0. The lowest BCUT2D eigenvalue weighted by Gasteiger charge is -2.03. The molecule has 66 valence electrons. The average Bonchev–Trinajstić information content (AvgIpc) is 2.33. The maximum atomic E-state index is 5.43. The van der Waals surface area contributed by atoms with E-state index in [2.05, 4.69) is 17.5 Å². The van der Waals surface area contributed by atoms with Crippen molar-refractivity contribution in [1.29, 1.82) is 0 Å². The van der Waals surface area contributed by atoms with Crippen molar-refractivity contribution < 1.29 is 0 Å². The molecule has 0 aromatic rings. The van der Waals surface area contributed by atoms with E-state index in [-0.39, 0.29) is 9.52 Å². The largest absolute Gasteiger partial charge is 0.369 e. The molecular formula is C9H16N2Si. The van der Waals surface area contributed by atoms with Crippen LogP contribution >= 0.6 is 0 Å². The average molecular weight is 180 g/mol. The van der Waals surface area contributed by atoms with Crippen LogP contribution in [0, 0.1) is 0 Å². The first-order chi connectivity index (χ1) is 5.93. The van der Waals surface area contributed by atoms with Gasteiger partial charge < -0.3 is 11.1 Å². The fourth-order valence-corrected chi connectivity index (χ4v) is 2.59.